The first-order chi connectivity index (χ1) is 7.87. The van der Waals surface area contributed by atoms with Crippen LogP contribution in [0.2, 0.25) is 0 Å². The molecule has 0 heterocycles. The highest BCUT2D eigenvalue weighted by atomic mass is 19.1. The monoisotopic (exact) mass is 243 g/mol. The van der Waals surface area contributed by atoms with E-state index < -0.39 is 27.8 Å². The van der Waals surface area contributed by atoms with Crippen molar-refractivity contribution in [3.63, 3.8) is 0 Å². The maximum absolute atomic E-state index is 13.4. The second kappa shape index (κ2) is 5.09. The van der Waals surface area contributed by atoms with E-state index in [1.54, 1.807) is 6.92 Å². The summed E-state index contributed by atoms with van der Waals surface area (Å²) in [6.07, 6.45) is 0.398. The van der Waals surface area contributed by atoms with Crippen molar-refractivity contribution < 1.29 is 19.2 Å². The third kappa shape index (κ3) is 3.39. The molecule has 0 bridgehead atoms. The van der Waals surface area contributed by atoms with Gasteiger partial charge < -0.3 is 9.84 Å². The second-order valence-corrected chi connectivity index (χ2v) is 3.98. The van der Waals surface area contributed by atoms with Crippen molar-refractivity contribution in [2.75, 3.05) is 6.61 Å². The molecule has 0 aromatic heterocycles. The number of hydrogen-bond donors (Lipinski definition) is 1. The van der Waals surface area contributed by atoms with Crippen LogP contribution in [0.15, 0.2) is 18.2 Å². The Morgan fingerprint density at radius 3 is 2.76 bits per heavy atom. The SMILES string of the molecule is CCC(C)(O)COc1c(F)cccc1[N+](=O)[O-]. The van der Waals surface area contributed by atoms with E-state index in [2.05, 4.69) is 0 Å². The minimum absolute atomic E-state index is 0.203. The lowest BCUT2D eigenvalue weighted by atomic mass is 10.1. The van der Waals surface area contributed by atoms with Crippen molar-refractivity contribution in [3.8, 4) is 5.75 Å². The molecule has 0 fully saturated rings. The van der Waals surface area contributed by atoms with Crippen LogP contribution in [0.25, 0.3) is 0 Å². The van der Waals surface area contributed by atoms with Gasteiger partial charge in [-0.25, -0.2) is 4.39 Å². The molecule has 0 spiro atoms. The topological polar surface area (TPSA) is 72.6 Å². The van der Waals surface area contributed by atoms with Gasteiger partial charge >= 0.3 is 5.69 Å². The molecule has 1 rings (SSSR count). The van der Waals surface area contributed by atoms with Crippen molar-refractivity contribution in [2.45, 2.75) is 25.9 Å². The Kier molecular flexibility index (Phi) is 4.01. The first kappa shape index (κ1) is 13.4. The van der Waals surface area contributed by atoms with Gasteiger partial charge in [0.2, 0.25) is 5.75 Å². The molecule has 0 aliphatic carbocycles. The van der Waals surface area contributed by atoms with Crippen LogP contribution in [0, 0.1) is 15.9 Å². The molecule has 94 valence electrons. The lowest BCUT2D eigenvalue weighted by Gasteiger charge is -2.21. The Bertz CT molecular complexity index is 420. The summed E-state index contributed by atoms with van der Waals surface area (Å²) in [6, 6.07) is 3.46. The zero-order chi connectivity index (χ0) is 13.1. The average molecular weight is 243 g/mol. The van der Waals surface area contributed by atoms with Crippen molar-refractivity contribution >= 4 is 5.69 Å². The smallest absolute Gasteiger partial charge is 0.314 e. The van der Waals surface area contributed by atoms with Gasteiger partial charge in [0.25, 0.3) is 0 Å². The van der Waals surface area contributed by atoms with Gasteiger partial charge in [-0.3, -0.25) is 10.1 Å². The zero-order valence-corrected chi connectivity index (χ0v) is 9.64. The summed E-state index contributed by atoms with van der Waals surface area (Å²) in [7, 11) is 0. The quantitative estimate of drug-likeness (QED) is 0.636. The lowest BCUT2D eigenvalue weighted by Crippen LogP contribution is -2.31. The predicted octanol–water partition coefficient (Wildman–Crippen LogP) is 2.27. The number of benzene rings is 1. The van der Waals surface area contributed by atoms with E-state index in [0.717, 1.165) is 12.1 Å². The highest BCUT2D eigenvalue weighted by Crippen LogP contribution is 2.30. The molecule has 0 aliphatic heterocycles. The summed E-state index contributed by atoms with van der Waals surface area (Å²) in [6.45, 7) is 3.05. The molecule has 1 aromatic carbocycles. The first-order valence-corrected chi connectivity index (χ1v) is 5.15. The van der Waals surface area contributed by atoms with E-state index in [4.69, 9.17) is 4.74 Å². The molecule has 6 heteroatoms. The molecule has 1 aromatic rings. The van der Waals surface area contributed by atoms with Gasteiger partial charge in [0.15, 0.2) is 5.82 Å². The van der Waals surface area contributed by atoms with Crippen LogP contribution in [-0.2, 0) is 0 Å². The van der Waals surface area contributed by atoms with Gasteiger partial charge in [0.05, 0.1) is 10.5 Å². The Labute approximate surface area is 98.0 Å². The highest BCUT2D eigenvalue weighted by Gasteiger charge is 2.24. The van der Waals surface area contributed by atoms with E-state index >= 15 is 0 Å². The molecule has 0 saturated carbocycles. The number of para-hydroxylation sites is 1. The zero-order valence-electron chi connectivity index (χ0n) is 9.64. The Morgan fingerprint density at radius 2 is 2.24 bits per heavy atom. The fourth-order valence-electron chi connectivity index (χ4n) is 1.11. The largest absolute Gasteiger partial charge is 0.482 e. The molecule has 17 heavy (non-hydrogen) atoms. The minimum Gasteiger partial charge on any atom is -0.482 e. The third-order valence-corrected chi connectivity index (χ3v) is 2.43. The minimum atomic E-state index is -1.14. The van der Waals surface area contributed by atoms with Gasteiger partial charge in [-0.15, -0.1) is 0 Å². The Balaban J connectivity index is 2.94. The van der Waals surface area contributed by atoms with Gasteiger partial charge in [0, 0.05) is 6.07 Å². The molecule has 1 unspecified atom stereocenters. The van der Waals surface area contributed by atoms with E-state index in [9.17, 15) is 19.6 Å². The molecular weight excluding hydrogens is 229 g/mol. The van der Waals surface area contributed by atoms with Crippen molar-refractivity contribution in [2.24, 2.45) is 0 Å². The van der Waals surface area contributed by atoms with E-state index in [-0.39, 0.29) is 6.61 Å². The van der Waals surface area contributed by atoms with Gasteiger partial charge in [-0.2, -0.15) is 0 Å². The van der Waals surface area contributed by atoms with E-state index in [0.29, 0.717) is 6.42 Å². The van der Waals surface area contributed by atoms with Crippen LogP contribution in [0.3, 0.4) is 0 Å². The maximum atomic E-state index is 13.4. The summed E-state index contributed by atoms with van der Waals surface area (Å²) >= 11 is 0. The number of nitrogens with zero attached hydrogens (tertiary/aromatic N) is 1. The normalized spacial score (nSPS) is 14.1. The van der Waals surface area contributed by atoms with Crippen LogP contribution >= 0.6 is 0 Å². The Morgan fingerprint density at radius 1 is 1.59 bits per heavy atom. The Hall–Kier alpha value is -1.69. The average Bonchev–Trinajstić information content (AvgIpc) is 2.27. The van der Waals surface area contributed by atoms with E-state index in [1.807, 2.05) is 0 Å². The molecule has 0 radical (unpaired) electrons. The fourth-order valence-corrected chi connectivity index (χ4v) is 1.11. The highest BCUT2D eigenvalue weighted by molar-refractivity contribution is 5.46. The summed E-state index contributed by atoms with van der Waals surface area (Å²) in [4.78, 5) is 9.94. The molecule has 0 saturated heterocycles. The molecule has 5 nitrogen and oxygen atoms in total. The maximum Gasteiger partial charge on any atom is 0.314 e. The number of hydrogen-bond acceptors (Lipinski definition) is 4. The number of rotatable bonds is 5. The molecular formula is C11H14FNO4. The summed E-state index contributed by atoms with van der Waals surface area (Å²) in [5, 5.41) is 20.4. The number of ether oxygens (including phenoxy) is 1. The number of nitro benzene ring substituents is 1. The summed E-state index contributed by atoms with van der Waals surface area (Å²) in [5.41, 5.74) is -1.59. The molecule has 0 amide bonds. The fraction of sp³-hybridized carbons (Fsp3) is 0.455. The summed E-state index contributed by atoms with van der Waals surface area (Å²) < 4.78 is 18.4. The van der Waals surface area contributed by atoms with Crippen LogP contribution in [-0.4, -0.2) is 22.2 Å². The van der Waals surface area contributed by atoms with Crippen LogP contribution < -0.4 is 4.74 Å². The lowest BCUT2D eigenvalue weighted by molar-refractivity contribution is -0.386. The van der Waals surface area contributed by atoms with Crippen LogP contribution in [0.5, 0.6) is 5.75 Å². The standard InChI is InChI=1S/C11H14FNO4/c1-3-11(2,14)7-17-10-8(12)5-4-6-9(10)13(15)16/h4-6,14H,3,7H2,1-2H3. The van der Waals surface area contributed by atoms with Crippen molar-refractivity contribution in [1.82, 2.24) is 0 Å². The van der Waals surface area contributed by atoms with E-state index in [1.165, 1.54) is 13.0 Å². The third-order valence-electron chi connectivity index (χ3n) is 2.43. The molecule has 0 aliphatic rings. The van der Waals surface area contributed by atoms with Crippen LogP contribution in [0.4, 0.5) is 10.1 Å². The first-order valence-electron chi connectivity index (χ1n) is 5.15. The van der Waals surface area contributed by atoms with Gasteiger partial charge in [-0.05, 0) is 19.4 Å². The van der Waals surface area contributed by atoms with Crippen molar-refractivity contribution in [3.05, 3.63) is 34.1 Å². The van der Waals surface area contributed by atoms with Gasteiger partial charge in [0.1, 0.15) is 6.61 Å². The van der Waals surface area contributed by atoms with Gasteiger partial charge in [-0.1, -0.05) is 13.0 Å². The number of nitro groups is 1. The molecule has 1 atom stereocenters. The predicted molar refractivity (Wildman–Crippen MR) is 59.5 cm³/mol. The number of aliphatic hydroxyl groups is 1. The molecule has 1 N–H and O–H groups in total. The van der Waals surface area contributed by atoms with Crippen LogP contribution in [0.1, 0.15) is 20.3 Å². The second-order valence-electron chi connectivity index (χ2n) is 3.98. The van der Waals surface area contributed by atoms with Crippen molar-refractivity contribution in [1.29, 1.82) is 0 Å². The summed E-state index contributed by atoms with van der Waals surface area (Å²) in [5.74, 6) is -1.25. The number of halogens is 1.